The van der Waals surface area contributed by atoms with Crippen LogP contribution in [-0.4, -0.2) is 26.7 Å². The third-order valence-electron chi connectivity index (χ3n) is 1.95. The monoisotopic (exact) mass is 183 g/mol. The van der Waals surface area contributed by atoms with Gasteiger partial charge in [-0.25, -0.2) is 4.68 Å². The molecule has 1 N–H and O–H groups in total. The number of unbranched alkanes of at least 4 members (excludes halogenated alkanes) is 2. The second-order valence-electron chi connectivity index (χ2n) is 3.15. The van der Waals surface area contributed by atoms with Gasteiger partial charge in [0, 0.05) is 6.20 Å². The van der Waals surface area contributed by atoms with Gasteiger partial charge in [0.05, 0.1) is 18.8 Å². The Morgan fingerprint density at radius 2 is 2.31 bits per heavy atom. The smallest absolute Gasteiger partial charge is 0.0827 e. The molecule has 4 nitrogen and oxygen atoms in total. The summed E-state index contributed by atoms with van der Waals surface area (Å²) in [7, 11) is 0. The van der Waals surface area contributed by atoms with E-state index in [0.717, 1.165) is 12.1 Å². The largest absolute Gasteiger partial charge is 0.394 e. The third-order valence-corrected chi connectivity index (χ3v) is 1.95. The van der Waals surface area contributed by atoms with Crippen LogP contribution >= 0.6 is 0 Å². The Labute approximate surface area is 78.6 Å². The highest BCUT2D eigenvalue weighted by Gasteiger charge is 1.99. The molecule has 4 heteroatoms. The van der Waals surface area contributed by atoms with Gasteiger partial charge in [-0.1, -0.05) is 25.0 Å². The van der Waals surface area contributed by atoms with E-state index in [2.05, 4.69) is 17.2 Å². The molecule has 0 spiro atoms. The molecule has 0 fully saturated rings. The lowest BCUT2D eigenvalue weighted by atomic mass is 10.2. The van der Waals surface area contributed by atoms with Crippen molar-refractivity contribution < 1.29 is 5.11 Å². The standard InChI is InChI=1S/C9H17N3O/c1-2-3-4-5-9-8-12(6-7-13)11-10-9/h8,13H,2-7H2,1H3. The summed E-state index contributed by atoms with van der Waals surface area (Å²) < 4.78 is 1.68. The molecule has 1 rings (SSSR count). The zero-order valence-electron chi connectivity index (χ0n) is 8.11. The van der Waals surface area contributed by atoms with Crippen LogP contribution in [0.1, 0.15) is 31.9 Å². The Hall–Kier alpha value is -0.900. The second-order valence-corrected chi connectivity index (χ2v) is 3.15. The zero-order valence-corrected chi connectivity index (χ0v) is 8.11. The molecule has 0 aliphatic rings. The number of nitrogens with zero attached hydrogens (tertiary/aromatic N) is 3. The van der Waals surface area contributed by atoms with E-state index in [0.29, 0.717) is 6.54 Å². The minimum atomic E-state index is 0.123. The highest BCUT2D eigenvalue weighted by atomic mass is 16.3. The molecular weight excluding hydrogens is 166 g/mol. The van der Waals surface area contributed by atoms with Gasteiger partial charge in [-0.2, -0.15) is 0 Å². The fourth-order valence-corrected chi connectivity index (χ4v) is 1.22. The molecule has 0 aromatic carbocycles. The van der Waals surface area contributed by atoms with Gasteiger partial charge in [-0.3, -0.25) is 0 Å². The fraction of sp³-hybridized carbons (Fsp3) is 0.778. The third kappa shape index (κ3) is 3.55. The molecule has 13 heavy (non-hydrogen) atoms. The van der Waals surface area contributed by atoms with Crippen LogP contribution in [0.3, 0.4) is 0 Å². The molecule has 0 atom stereocenters. The lowest BCUT2D eigenvalue weighted by Crippen LogP contribution is -2.02. The maximum absolute atomic E-state index is 8.65. The number of hydrogen-bond acceptors (Lipinski definition) is 3. The number of aliphatic hydroxyl groups is 1. The van der Waals surface area contributed by atoms with E-state index < -0.39 is 0 Å². The lowest BCUT2D eigenvalue weighted by molar-refractivity contribution is 0.268. The molecule has 0 aliphatic heterocycles. The van der Waals surface area contributed by atoms with Crippen molar-refractivity contribution in [2.45, 2.75) is 39.2 Å². The molecule has 1 heterocycles. The van der Waals surface area contributed by atoms with Crippen molar-refractivity contribution in [2.24, 2.45) is 0 Å². The number of aryl methyl sites for hydroxylation is 1. The molecule has 74 valence electrons. The van der Waals surface area contributed by atoms with E-state index in [9.17, 15) is 0 Å². The SMILES string of the molecule is CCCCCc1cn(CCO)nn1. The summed E-state index contributed by atoms with van der Waals surface area (Å²) in [6, 6.07) is 0. The summed E-state index contributed by atoms with van der Waals surface area (Å²) in [6.07, 6.45) is 6.55. The van der Waals surface area contributed by atoms with Crippen molar-refractivity contribution in [1.29, 1.82) is 0 Å². The number of hydrogen-bond donors (Lipinski definition) is 1. The fourth-order valence-electron chi connectivity index (χ4n) is 1.22. The number of aliphatic hydroxyl groups excluding tert-OH is 1. The first kappa shape index (κ1) is 10.2. The highest BCUT2D eigenvalue weighted by Crippen LogP contribution is 2.02. The minimum Gasteiger partial charge on any atom is -0.394 e. The Morgan fingerprint density at radius 3 is 3.00 bits per heavy atom. The Bertz CT molecular complexity index is 235. The Morgan fingerprint density at radius 1 is 1.46 bits per heavy atom. The van der Waals surface area contributed by atoms with E-state index in [1.165, 1.54) is 19.3 Å². The first-order valence-corrected chi connectivity index (χ1v) is 4.86. The topological polar surface area (TPSA) is 50.9 Å². The summed E-state index contributed by atoms with van der Waals surface area (Å²) in [4.78, 5) is 0. The van der Waals surface area contributed by atoms with E-state index in [1.807, 2.05) is 6.20 Å². The predicted octanol–water partition coefficient (Wildman–Crippen LogP) is 1.00. The van der Waals surface area contributed by atoms with Crippen LogP contribution in [0.5, 0.6) is 0 Å². The average molecular weight is 183 g/mol. The van der Waals surface area contributed by atoms with Crippen LogP contribution in [0, 0.1) is 0 Å². The molecule has 0 saturated carbocycles. The number of rotatable bonds is 6. The summed E-state index contributed by atoms with van der Waals surface area (Å²) in [5.41, 5.74) is 1.03. The Balaban J connectivity index is 2.31. The zero-order chi connectivity index (χ0) is 9.52. The summed E-state index contributed by atoms with van der Waals surface area (Å²) in [5, 5.41) is 16.6. The van der Waals surface area contributed by atoms with Crippen LogP contribution in [-0.2, 0) is 13.0 Å². The van der Waals surface area contributed by atoms with Crippen LogP contribution in [0.25, 0.3) is 0 Å². The maximum Gasteiger partial charge on any atom is 0.0827 e. The normalized spacial score (nSPS) is 10.6. The Kier molecular flexibility index (Phi) is 4.46. The van der Waals surface area contributed by atoms with Gasteiger partial charge >= 0.3 is 0 Å². The predicted molar refractivity (Wildman–Crippen MR) is 50.3 cm³/mol. The van der Waals surface area contributed by atoms with E-state index in [-0.39, 0.29) is 6.61 Å². The van der Waals surface area contributed by atoms with E-state index in [1.54, 1.807) is 4.68 Å². The number of aromatic nitrogens is 3. The minimum absolute atomic E-state index is 0.123. The second kappa shape index (κ2) is 5.70. The first-order chi connectivity index (χ1) is 6.36. The van der Waals surface area contributed by atoms with Gasteiger partial charge in [0.15, 0.2) is 0 Å². The molecule has 1 aromatic heterocycles. The van der Waals surface area contributed by atoms with Gasteiger partial charge in [-0.15, -0.1) is 5.10 Å². The van der Waals surface area contributed by atoms with Crippen LogP contribution in [0.4, 0.5) is 0 Å². The first-order valence-electron chi connectivity index (χ1n) is 4.86. The molecule has 0 saturated heterocycles. The quantitative estimate of drug-likeness (QED) is 0.669. The van der Waals surface area contributed by atoms with Crippen molar-refractivity contribution in [3.8, 4) is 0 Å². The van der Waals surface area contributed by atoms with Crippen molar-refractivity contribution in [1.82, 2.24) is 15.0 Å². The highest BCUT2D eigenvalue weighted by molar-refractivity contribution is 4.91. The van der Waals surface area contributed by atoms with Gasteiger partial charge in [-0.05, 0) is 12.8 Å². The molecule has 1 aromatic rings. The molecular formula is C9H17N3O. The molecule has 0 unspecified atom stereocenters. The van der Waals surface area contributed by atoms with Gasteiger partial charge in [0.25, 0.3) is 0 Å². The molecule has 0 amide bonds. The van der Waals surface area contributed by atoms with Crippen molar-refractivity contribution >= 4 is 0 Å². The summed E-state index contributed by atoms with van der Waals surface area (Å²) in [5.74, 6) is 0. The van der Waals surface area contributed by atoms with Crippen molar-refractivity contribution in [2.75, 3.05) is 6.61 Å². The average Bonchev–Trinajstić information content (AvgIpc) is 2.54. The molecule has 0 bridgehead atoms. The van der Waals surface area contributed by atoms with Crippen LogP contribution in [0.2, 0.25) is 0 Å². The maximum atomic E-state index is 8.65. The van der Waals surface area contributed by atoms with Crippen LogP contribution in [0.15, 0.2) is 6.20 Å². The van der Waals surface area contributed by atoms with E-state index in [4.69, 9.17) is 5.11 Å². The van der Waals surface area contributed by atoms with Gasteiger partial charge in [0.1, 0.15) is 0 Å². The van der Waals surface area contributed by atoms with Crippen molar-refractivity contribution in [3.63, 3.8) is 0 Å². The summed E-state index contributed by atoms with van der Waals surface area (Å²) in [6.45, 7) is 2.85. The lowest BCUT2D eigenvalue weighted by Gasteiger charge is -1.94. The molecule has 0 aliphatic carbocycles. The van der Waals surface area contributed by atoms with Crippen molar-refractivity contribution in [3.05, 3.63) is 11.9 Å². The molecule has 0 radical (unpaired) electrons. The summed E-state index contributed by atoms with van der Waals surface area (Å²) >= 11 is 0. The van der Waals surface area contributed by atoms with E-state index >= 15 is 0 Å². The van der Waals surface area contributed by atoms with Gasteiger partial charge in [0.2, 0.25) is 0 Å². The van der Waals surface area contributed by atoms with Crippen LogP contribution < -0.4 is 0 Å². The van der Waals surface area contributed by atoms with Gasteiger partial charge < -0.3 is 5.11 Å².